The van der Waals surface area contributed by atoms with Crippen LogP contribution in [0.1, 0.15) is 26.7 Å². The van der Waals surface area contributed by atoms with Crippen LogP contribution >= 0.6 is 0 Å². The van der Waals surface area contributed by atoms with Crippen LogP contribution in [0.4, 0.5) is 11.4 Å². The Kier molecular flexibility index (Phi) is 8.85. The lowest BCUT2D eigenvalue weighted by molar-refractivity contribution is -0.145. The number of ether oxygens (including phenoxy) is 3. The van der Waals surface area contributed by atoms with Crippen molar-refractivity contribution < 1.29 is 33.7 Å². The molecule has 0 saturated carbocycles. The third-order valence-electron chi connectivity index (χ3n) is 9.12. The zero-order valence-corrected chi connectivity index (χ0v) is 25.6. The monoisotopic (exact) mass is 603 g/mol. The molecule has 3 heterocycles. The Hall–Kier alpha value is -4.15. The standard InChI is InChI=1S/C34H41N3O7/c1-6-19-35(23-11-15-26(16-12-23)43-8-3)30(39)27-28-31(40)37(21-22-38)29(34(28)18-17-33(27,4)44-34)32(41)36(20-7-2)24-9-13-25(42-5)14-10-24/h6-7,9-16,27-29,38H,1-2,8,17-22H2,3-5H3/t27-,28+,29?,33+,34?/m1/s1. The number of β-amino-alcohol motifs (C(OH)–C–C–N with tert-alkyl or cyclic N) is 1. The second kappa shape index (κ2) is 12.5. The lowest BCUT2D eigenvalue weighted by atomic mass is 9.66. The van der Waals surface area contributed by atoms with E-state index in [1.807, 2.05) is 13.8 Å². The first kappa shape index (κ1) is 31.3. The number of benzene rings is 2. The number of anilines is 2. The second-order valence-corrected chi connectivity index (χ2v) is 11.6. The number of methoxy groups -OCH3 is 1. The fourth-order valence-corrected chi connectivity index (χ4v) is 7.30. The lowest BCUT2D eigenvalue weighted by Gasteiger charge is -2.36. The van der Waals surface area contributed by atoms with Crippen LogP contribution in [0.2, 0.25) is 0 Å². The first-order valence-corrected chi connectivity index (χ1v) is 15.0. The van der Waals surface area contributed by atoms with E-state index in [1.165, 1.54) is 4.90 Å². The number of likely N-dealkylation sites (tertiary alicyclic amines) is 1. The molecule has 1 N–H and O–H groups in total. The third kappa shape index (κ3) is 5.05. The predicted octanol–water partition coefficient (Wildman–Crippen LogP) is 3.59. The molecule has 3 saturated heterocycles. The number of carbonyl (C=O) groups excluding carboxylic acids is 3. The van der Waals surface area contributed by atoms with Crippen molar-refractivity contribution in [3.63, 3.8) is 0 Å². The Balaban J connectivity index is 1.54. The zero-order chi connectivity index (χ0) is 31.6. The highest BCUT2D eigenvalue weighted by Crippen LogP contribution is 2.63. The van der Waals surface area contributed by atoms with E-state index in [4.69, 9.17) is 14.2 Å². The highest BCUT2D eigenvalue weighted by Gasteiger charge is 2.78. The van der Waals surface area contributed by atoms with Crippen molar-refractivity contribution in [1.82, 2.24) is 4.90 Å². The van der Waals surface area contributed by atoms with Gasteiger partial charge in [-0.3, -0.25) is 14.4 Å². The number of carbonyl (C=O) groups is 3. The zero-order valence-electron chi connectivity index (χ0n) is 25.6. The van der Waals surface area contributed by atoms with Crippen molar-refractivity contribution in [2.24, 2.45) is 11.8 Å². The minimum Gasteiger partial charge on any atom is -0.497 e. The summed E-state index contributed by atoms with van der Waals surface area (Å²) in [5.41, 5.74) is -0.954. The van der Waals surface area contributed by atoms with Gasteiger partial charge in [0.05, 0.1) is 37.8 Å². The SMILES string of the molecule is C=CCN(C(=O)C1N(CCO)C(=O)[C@@H]2[C@H](C(=O)N(CC=C)c3ccc(OCC)cc3)[C@]3(C)CCC12O3)c1ccc(OC)cc1. The number of fused-ring (bicyclic) bond motifs is 1. The minimum absolute atomic E-state index is 0.0612. The van der Waals surface area contributed by atoms with Gasteiger partial charge < -0.3 is 34.0 Å². The van der Waals surface area contributed by atoms with Gasteiger partial charge in [-0.2, -0.15) is 0 Å². The molecule has 234 valence electrons. The van der Waals surface area contributed by atoms with Crippen LogP contribution in [0.3, 0.4) is 0 Å². The maximum Gasteiger partial charge on any atom is 0.253 e. The molecule has 5 rings (SSSR count). The maximum atomic E-state index is 14.5. The number of nitrogens with zero attached hydrogens (tertiary/aromatic N) is 3. The summed E-state index contributed by atoms with van der Waals surface area (Å²) in [5.74, 6) is -1.41. The number of amides is 3. The first-order chi connectivity index (χ1) is 21.2. The van der Waals surface area contributed by atoms with E-state index in [9.17, 15) is 19.5 Å². The second-order valence-electron chi connectivity index (χ2n) is 11.6. The maximum absolute atomic E-state index is 14.5. The Bertz CT molecular complexity index is 1410. The molecule has 10 nitrogen and oxygen atoms in total. The summed E-state index contributed by atoms with van der Waals surface area (Å²) in [6, 6.07) is 13.2. The Labute approximate surface area is 258 Å². The van der Waals surface area contributed by atoms with E-state index >= 15 is 0 Å². The first-order valence-electron chi connectivity index (χ1n) is 15.0. The molecule has 0 aromatic heterocycles. The number of aliphatic hydroxyl groups is 1. The van der Waals surface area contributed by atoms with E-state index in [0.29, 0.717) is 42.3 Å². The van der Waals surface area contributed by atoms with E-state index in [2.05, 4.69) is 13.2 Å². The normalized spacial score (nSPS) is 26.7. The fraction of sp³-hybridized carbons (Fsp3) is 0.441. The summed E-state index contributed by atoms with van der Waals surface area (Å²) in [7, 11) is 1.57. The Morgan fingerprint density at radius 3 is 2.09 bits per heavy atom. The molecule has 2 aromatic rings. The van der Waals surface area contributed by atoms with Gasteiger partial charge >= 0.3 is 0 Å². The van der Waals surface area contributed by atoms with Crippen molar-refractivity contribution in [2.45, 2.75) is 43.9 Å². The van der Waals surface area contributed by atoms with E-state index in [0.717, 1.165) is 0 Å². The van der Waals surface area contributed by atoms with Crippen LogP contribution in [0.25, 0.3) is 0 Å². The van der Waals surface area contributed by atoms with E-state index in [-0.39, 0.29) is 44.0 Å². The lowest BCUT2D eigenvalue weighted by Crippen LogP contribution is -2.57. The molecule has 0 radical (unpaired) electrons. The largest absolute Gasteiger partial charge is 0.497 e. The highest BCUT2D eigenvalue weighted by atomic mass is 16.5. The summed E-state index contributed by atoms with van der Waals surface area (Å²) >= 11 is 0. The molecule has 0 aliphatic carbocycles. The van der Waals surface area contributed by atoms with Gasteiger partial charge in [0.2, 0.25) is 11.8 Å². The van der Waals surface area contributed by atoms with Crippen LogP contribution in [0.5, 0.6) is 11.5 Å². The summed E-state index contributed by atoms with van der Waals surface area (Å²) < 4.78 is 17.6. The molecule has 3 aliphatic rings. The summed E-state index contributed by atoms with van der Waals surface area (Å²) in [5, 5.41) is 10.00. The molecule has 3 amide bonds. The van der Waals surface area contributed by atoms with Gasteiger partial charge in [0.15, 0.2) is 0 Å². The van der Waals surface area contributed by atoms with Gasteiger partial charge in [0, 0.05) is 31.0 Å². The van der Waals surface area contributed by atoms with Crippen LogP contribution in [0.15, 0.2) is 73.8 Å². The van der Waals surface area contributed by atoms with Crippen LogP contribution < -0.4 is 19.3 Å². The number of rotatable bonds is 13. The average Bonchev–Trinajstić information content (AvgIpc) is 3.59. The van der Waals surface area contributed by atoms with Crippen molar-refractivity contribution in [3.05, 3.63) is 73.8 Å². The van der Waals surface area contributed by atoms with E-state index in [1.54, 1.807) is 77.6 Å². The summed E-state index contributed by atoms with van der Waals surface area (Å²) in [6.07, 6.45) is 4.19. The number of aliphatic hydroxyl groups excluding tert-OH is 1. The molecule has 2 aromatic carbocycles. The van der Waals surface area contributed by atoms with Crippen molar-refractivity contribution in [3.8, 4) is 11.5 Å². The molecule has 44 heavy (non-hydrogen) atoms. The summed E-state index contributed by atoms with van der Waals surface area (Å²) in [6.45, 7) is 12.0. The van der Waals surface area contributed by atoms with Gasteiger partial charge in [-0.25, -0.2) is 0 Å². The molecule has 3 aliphatic heterocycles. The quantitative estimate of drug-likeness (QED) is 0.349. The molecular formula is C34H41N3O7. The molecule has 10 heteroatoms. The highest BCUT2D eigenvalue weighted by molar-refractivity contribution is 6.06. The van der Waals surface area contributed by atoms with Gasteiger partial charge in [-0.05, 0) is 75.2 Å². The predicted molar refractivity (Wildman–Crippen MR) is 167 cm³/mol. The molecular weight excluding hydrogens is 562 g/mol. The van der Waals surface area contributed by atoms with Crippen LogP contribution in [-0.4, -0.2) is 84.9 Å². The van der Waals surface area contributed by atoms with Crippen molar-refractivity contribution in [1.29, 1.82) is 0 Å². The number of hydrogen-bond acceptors (Lipinski definition) is 7. The Morgan fingerprint density at radius 1 is 1.00 bits per heavy atom. The van der Waals surface area contributed by atoms with Gasteiger partial charge in [0.1, 0.15) is 23.1 Å². The topological polar surface area (TPSA) is 109 Å². The third-order valence-corrected chi connectivity index (χ3v) is 9.12. The summed E-state index contributed by atoms with van der Waals surface area (Å²) in [4.78, 5) is 47.9. The Morgan fingerprint density at radius 2 is 1.57 bits per heavy atom. The molecule has 3 fully saturated rings. The molecule has 2 bridgehead atoms. The minimum atomic E-state index is -1.23. The van der Waals surface area contributed by atoms with Gasteiger partial charge in [-0.1, -0.05) is 12.2 Å². The van der Waals surface area contributed by atoms with Crippen molar-refractivity contribution >= 4 is 29.1 Å². The van der Waals surface area contributed by atoms with Crippen LogP contribution in [0, 0.1) is 11.8 Å². The number of hydrogen-bond donors (Lipinski definition) is 1. The molecule has 1 spiro atoms. The van der Waals surface area contributed by atoms with E-state index < -0.39 is 29.1 Å². The fourth-order valence-electron chi connectivity index (χ4n) is 7.30. The molecule has 5 atom stereocenters. The average molecular weight is 604 g/mol. The van der Waals surface area contributed by atoms with Gasteiger partial charge in [0.25, 0.3) is 5.91 Å². The van der Waals surface area contributed by atoms with Gasteiger partial charge in [-0.15, -0.1) is 13.2 Å². The smallest absolute Gasteiger partial charge is 0.253 e. The van der Waals surface area contributed by atoms with Crippen molar-refractivity contribution in [2.75, 3.05) is 49.8 Å². The van der Waals surface area contributed by atoms with Crippen LogP contribution in [-0.2, 0) is 19.1 Å². The molecule has 2 unspecified atom stereocenters.